The van der Waals surface area contributed by atoms with Gasteiger partial charge in [0.1, 0.15) is 0 Å². The fourth-order valence-corrected chi connectivity index (χ4v) is 3.72. The van der Waals surface area contributed by atoms with Crippen LogP contribution in [-0.2, 0) is 12.8 Å². The van der Waals surface area contributed by atoms with Crippen LogP contribution in [0.3, 0.4) is 0 Å². The van der Waals surface area contributed by atoms with E-state index in [2.05, 4.69) is 67.9 Å². The Hall–Kier alpha value is -1.54. The third kappa shape index (κ3) is 2.91. The highest BCUT2D eigenvalue weighted by Crippen LogP contribution is 2.41. The van der Waals surface area contributed by atoms with Gasteiger partial charge >= 0.3 is 0 Å². The number of aromatic nitrogens is 1. The van der Waals surface area contributed by atoms with Gasteiger partial charge < -0.3 is 10.3 Å². The minimum atomic E-state index is 0.189. The molecule has 0 amide bonds. The molecule has 0 bridgehead atoms. The molecule has 2 unspecified atom stereocenters. The van der Waals surface area contributed by atoms with Gasteiger partial charge in [-0.15, -0.1) is 0 Å². The molecule has 112 valence electrons. The summed E-state index contributed by atoms with van der Waals surface area (Å²) in [5.74, 6) is 0. The van der Waals surface area contributed by atoms with Gasteiger partial charge in [-0.05, 0) is 48.8 Å². The predicted molar refractivity (Wildman–Crippen MR) is 88.3 cm³/mol. The zero-order chi connectivity index (χ0) is 15.0. The van der Waals surface area contributed by atoms with Gasteiger partial charge in [0.05, 0.1) is 0 Å². The zero-order valence-corrected chi connectivity index (χ0v) is 13.3. The van der Waals surface area contributed by atoms with E-state index in [1.165, 1.54) is 16.8 Å². The Morgan fingerprint density at radius 3 is 2.67 bits per heavy atom. The molecule has 2 heteroatoms. The van der Waals surface area contributed by atoms with Crippen LogP contribution >= 0.6 is 0 Å². The first-order valence-corrected chi connectivity index (χ1v) is 7.95. The van der Waals surface area contributed by atoms with Gasteiger partial charge in [-0.2, -0.15) is 0 Å². The zero-order valence-electron chi connectivity index (χ0n) is 13.3. The van der Waals surface area contributed by atoms with E-state index in [4.69, 9.17) is 5.73 Å². The first-order chi connectivity index (χ1) is 9.96. The maximum Gasteiger partial charge on any atom is 0.0345 e. The summed E-state index contributed by atoms with van der Waals surface area (Å²) in [6.07, 6.45) is 5.51. The molecule has 2 N–H and O–H groups in total. The molecule has 1 aliphatic rings. The molecule has 21 heavy (non-hydrogen) atoms. The molecule has 0 aliphatic heterocycles. The highest BCUT2D eigenvalue weighted by atomic mass is 15.0. The van der Waals surface area contributed by atoms with Crippen molar-refractivity contribution < 1.29 is 0 Å². The van der Waals surface area contributed by atoms with Crippen LogP contribution in [0, 0.1) is 5.41 Å². The molecular weight excluding hydrogens is 256 g/mol. The number of nitrogens with two attached hydrogens (primary N) is 1. The van der Waals surface area contributed by atoms with Crippen molar-refractivity contribution in [2.24, 2.45) is 11.1 Å². The number of hydrogen-bond acceptors (Lipinski definition) is 1. The Balaban J connectivity index is 1.87. The minimum absolute atomic E-state index is 0.189. The molecule has 0 fully saturated rings. The van der Waals surface area contributed by atoms with Crippen molar-refractivity contribution in [3.8, 4) is 0 Å². The number of benzene rings is 1. The highest BCUT2D eigenvalue weighted by Gasteiger charge is 2.32. The number of hydrogen-bond donors (Lipinski definition) is 1. The van der Waals surface area contributed by atoms with E-state index >= 15 is 0 Å². The first kappa shape index (κ1) is 14.4. The van der Waals surface area contributed by atoms with Crippen molar-refractivity contribution in [2.45, 2.75) is 52.1 Å². The Morgan fingerprint density at radius 2 is 1.95 bits per heavy atom. The second-order valence-corrected chi connectivity index (χ2v) is 7.32. The van der Waals surface area contributed by atoms with Crippen molar-refractivity contribution in [1.29, 1.82) is 0 Å². The molecule has 1 aliphatic carbocycles. The van der Waals surface area contributed by atoms with Gasteiger partial charge in [0, 0.05) is 24.0 Å². The van der Waals surface area contributed by atoms with E-state index in [1.54, 1.807) is 0 Å². The van der Waals surface area contributed by atoms with Crippen molar-refractivity contribution in [3.63, 3.8) is 0 Å². The second-order valence-electron chi connectivity index (χ2n) is 7.32. The summed E-state index contributed by atoms with van der Waals surface area (Å²) in [6, 6.07) is 13.6. The molecule has 0 saturated heterocycles. The molecule has 0 radical (unpaired) electrons. The van der Waals surface area contributed by atoms with Crippen LogP contribution in [0.15, 0.2) is 42.6 Å². The van der Waals surface area contributed by atoms with Crippen molar-refractivity contribution in [1.82, 2.24) is 4.57 Å². The van der Waals surface area contributed by atoms with Crippen molar-refractivity contribution in [3.05, 3.63) is 59.4 Å². The van der Waals surface area contributed by atoms with E-state index in [0.717, 1.165) is 19.3 Å². The largest absolute Gasteiger partial charge is 0.348 e. The van der Waals surface area contributed by atoms with Crippen LogP contribution in [-0.4, -0.2) is 4.57 Å². The summed E-state index contributed by atoms with van der Waals surface area (Å²) in [5, 5.41) is 0. The third-order valence-corrected chi connectivity index (χ3v) is 4.73. The summed E-state index contributed by atoms with van der Waals surface area (Å²) in [5.41, 5.74) is 10.9. The molecule has 0 saturated carbocycles. The van der Waals surface area contributed by atoms with Crippen LogP contribution in [0.4, 0.5) is 0 Å². The maximum atomic E-state index is 6.37. The van der Waals surface area contributed by atoms with E-state index in [9.17, 15) is 0 Å². The van der Waals surface area contributed by atoms with Crippen LogP contribution in [0.2, 0.25) is 0 Å². The molecule has 3 rings (SSSR count). The Bertz CT molecular complexity index is 610. The predicted octanol–water partition coefficient (Wildman–Crippen LogP) is 4.26. The fourth-order valence-electron chi connectivity index (χ4n) is 3.72. The van der Waals surface area contributed by atoms with Crippen molar-refractivity contribution in [2.75, 3.05) is 0 Å². The van der Waals surface area contributed by atoms with Crippen LogP contribution in [0.25, 0.3) is 0 Å². The molecule has 1 heterocycles. The monoisotopic (exact) mass is 282 g/mol. The third-order valence-electron chi connectivity index (χ3n) is 4.73. The summed E-state index contributed by atoms with van der Waals surface area (Å²) < 4.78 is 2.45. The Morgan fingerprint density at radius 1 is 1.24 bits per heavy atom. The van der Waals surface area contributed by atoms with Crippen LogP contribution < -0.4 is 5.73 Å². The summed E-state index contributed by atoms with van der Waals surface area (Å²) in [6.45, 7) is 6.96. The van der Waals surface area contributed by atoms with Gasteiger partial charge in [-0.25, -0.2) is 0 Å². The van der Waals surface area contributed by atoms with Crippen LogP contribution in [0.1, 0.15) is 56.1 Å². The fraction of sp³-hybridized carbons (Fsp3) is 0.474. The van der Waals surface area contributed by atoms with E-state index < -0.39 is 0 Å². The van der Waals surface area contributed by atoms with Gasteiger partial charge in [0.15, 0.2) is 0 Å². The maximum absolute atomic E-state index is 6.37. The summed E-state index contributed by atoms with van der Waals surface area (Å²) in [7, 11) is 0. The Kier molecular flexibility index (Phi) is 3.66. The minimum Gasteiger partial charge on any atom is -0.348 e. The highest BCUT2D eigenvalue weighted by molar-refractivity contribution is 5.31. The number of rotatable bonds is 3. The number of nitrogens with zero attached hydrogens (tertiary/aromatic N) is 1. The normalized spacial score (nSPS) is 21.8. The Labute approximate surface area is 128 Å². The summed E-state index contributed by atoms with van der Waals surface area (Å²) in [4.78, 5) is 0. The van der Waals surface area contributed by atoms with Gasteiger partial charge in [-0.1, -0.05) is 44.2 Å². The van der Waals surface area contributed by atoms with Gasteiger partial charge in [-0.3, -0.25) is 0 Å². The number of fused-ring (bicyclic) bond motifs is 1. The van der Waals surface area contributed by atoms with Gasteiger partial charge in [0.2, 0.25) is 0 Å². The quantitative estimate of drug-likeness (QED) is 0.895. The van der Waals surface area contributed by atoms with E-state index in [-0.39, 0.29) is 6.04 Å². The first-order valence-electron chi connectivity index (χ1n) is 7.95. The summed E-state index contributed by atoms with van der Waals surface area (Å²) >= 11 is 0. The average molecular weight is 282 g/mol. The molecule has 1 aromatic heterocycles. The smallest absolute Gasteiger partial charge is 0.0345 e. The molecule has 0 spiro atoms. The lowest BCUT2D eigenvalue weighted by Gasteiger charge is -2.35. The average Bonchev–Trinajstić information content (AvgIpc) is 2.82. The lowest BCUT2D eigenvalue weighted by Crippen LogP contribution is -2.31. The topological polar surface area (TPSA) is 30.9 Å². The molecular formula is C19H26N2. The van der Waals surface area contributed by atoms with E-state index in [0.29, 0.717) is 11.5 Å². The van der Waals surface area contributed by atoms with Crippen LogP contribution in [0.5, 0.6) is 0 Å². The molecule has 2 aromatic rings. The van der Waals surface area contributed by atoms with E-state index in [1.807, 2.05) is 0 Å². The SMILES string of the molecule is CC(Cc1ccccc1)n1ccc2c1CC(C)(C)CC2N. The molecule has 2 atom stereocenters. The molecule has 2 nitrogen and oxygen atoms in total. The van der Waals surface area contributed by atoms with Crippen molar-refractivity contribution >= 4 is 0 Å². The second kappa shape index (κ2) is 5.34. The molecule has 1 aromatic carbocycles. The standard InChI is InChI=1S/C19H26N2/c1-14(11-15-7-5-4-6-8-15)21-10-9-16-17(20)12-19(2,3)13-18(16)21/h4-10,14,17H,11-13,20H2,1-3H3. The lowest BCUT2D eigenvalue weighted by atomic mass is 9.74. The lowest BCUT2D eigenvalue weighted by molar-refractivity contribution is 0.272. The van der Waals surface area contributed by atoms with Gasteiger partial charge in [0.25, 0.3) is 0 Å².